The second kappa shape index (κ2) is 6.83. The molecule has 106 valence electrons. The van der Waals surface area contributed by atoms with Crippen molar-refractivity contribution < 1.29 is 19.2 Å². The van der Waals surface area contributed by atoms with Gasteiger partial charge in [-0.2, -0.15) is 0 Å². The average Bonchev–Trinajstić information content (AvgIpc) is 2.32. The Labute approximate surface area is 110 Å². The average molecular weight is 270 g/mol. The Morgan fingerprint density at radius 1 is 1.42 bits per heavy atom. The Bertz CT molecular complexity index is 396. The van der Waals surface area contributed by atoms with Gasteiger partial charge in [-0.05, 0) is 20.3 Å². The molecule has 0 spiro atoms. The highest BCUT2D eigenvalue weighted by Crippen LogP contribution is 2.05. The van der Waals surface area contributed by atoms with Crippen LogP contribution in [0.15, 0.2) is 0 Å². The van der Waals surface area contributed by atoms with Crippen LogP contribution in [-0.2, 0) is 14.4 Å². The molecule has 1 aliphatic rings. The maximum Gasteiger partial charge on any atom is 0.321 e. The molecule has 0 radical (unpaired) electrons. The predicted octanol–water partition coefficient (Wildman–Crippen LogP) is -1.38. The molecule has 1 aliphatic heterocycles. The molecule has 2 atom stereocenters. The van der Waals surface area contributed by atoms with E-state index in [0.717, 1.165) is 0 Å². The third-order valence-corrected chi connectivity index (χ3v) is 2.66. The van der Waals surface area contributed by atoms with Gasteiger partial charge in [0.05, 0.1) is 12.1 Å². The first kappa shape index (κ1) is 15.1. The molecule has 1 rings (SSSR count). The van der Waals surface area contributed by atoms with Crippen molar-refractivity contribution in [3.8, 4) is 0 Å². The number of nitrogens with one attached hydrogen (secondary N) is 4. The van der Waals surface area contributed by atoms with Gasteiger partial charge in [0.2, 0.25) is 17.7 Å². The van der Waals surface area contributed by atoms with Gasteiger partial charge < -0.3 is 5.32 Å². The van der Waals surface area contributed by atoms with E-state index < -0.39 is 29.9 Å². The van der Waals surface area contributed by atoms with Crippen molar-refractivity contribution in [1.82, 2.24) is 21.3 Å². The first-order valence-electron chi connectivity index (χ1n) is 6.12. The van der Waals surface area contributed by atoms with Crippen molar-refractivity contribution in [2.24, 2.45) is 0 Å². The molecule has 0 aliphatic carbocycles. The van der Waals surface area contributed by atoms with E-state index in [4.69, 9.17) is 0 Å². The lowest BCUT2D eigenvalue weighted by molar-refractivity contribution is -0.135. The lowest BCUT2D eigenvalue weighted by atomic mass is 10.1. The molecular weight excluding hydrogens is 252 g/mol. The highest BCUT2D eigenvalue weighted by molar-refractivity contribution is 6.01. The fraction of sp³-hybridized carbons (Fsp3) is 0.636. The molecule has 19 heavy (non-hydrogen) atoms. The fourth-order valence-corrected chi connectivity index (χ4v) is 1.65. The first-order valence-corrected chi connectivity index (χ1v) is 6.12. The summed E-state index contributed by atoms with van der Waals surface area (Å²) in [6.45, 7) is 3.68. The van der Waals surface area contributed by atoms with Crippen LogP contribution in [-0.4, -0.2) is 42.4 Å². The van der Waals surface area contributed by atoms with Crippen molar-refractivity contribution in [1.29, 1.82) is 0 Å². The summed E-state index contributed by atoms with van der Waals surface area (Å²) >= 11 is 0. The quantitative estimate of drug-likeness (QED) is 0.470. The minimum absolute atomic E-state index is 0.230. The Balaban J connectivity index is 2.43. The summed E-state index contributed by atoms with van der Waals surface area (Å²) < 4.78 is 0. The van der Waals surface area contributed by atoms with E-state index >= 15 is 0 Å². The molecule has 2 unspecified atom stereocenters. The molecule has 8 nitrogen and oxygen atoms in total. The molecule has 8 heteroatoms. The van der Waals surface area contributed by atoms with Crippen molar-refractivity contribution in [2.45, 2.75) is 38.8 Å². The smallest absolute Gasteiger partial charge is 0.321 e. The third-order valence-electron chi connectivity index (χ3n) is 2.66. The van der Waals surface area contributed by atoms with E-state index in [-0.39, 0.29) is 12.3 Å². The zero-order valence-corrected chi connectivity index (χ0v) is 10.9. The number of hydrogen-bond acceptors (Lipinski definition) is 5. The van der Waals surface area contributed by atoms with Gasteiger partial charge in [0.1, 0.15) is 0 Å². The highest BCUT2D eigenvalue weighted by atomic mass is 16.2. The van der Waals surface area contributed by atoms with Crippen LogP contribution in [0.3, 0.4) is 0 Å². The number of amides is 5. The number of imide groups is 2. The molecule has 5 amide bonds. The van der Waals surface area contributed by atoms with Crippen LogP contribution >= 0.6 is 0 Å². The fourth-order valence-electron chi connectivity index (χ4n) is 1.65. The van der Waals surface area contributed by atoms with Crippen molar-refractivity contribution in [3.05, 3.63) is 0 Å². The maximum atomic E-state index is 11.6. The second-order valence-electron chi connectivity index (χ2n) is 4.24. The molecule has 0 saturated carbocycles. The van der Waals surface area contributed by atoms with Crippen molar-refractivity contribution in [3.63, 3.8) is 0 Å². The summed E-state index contributed by atoms with van der Waals surface area (Å²) in [6.07, 6.45) is 0.567. The largest absolute Gasteiger partial charge is 0.338 e. The zero-order valence-electron chi connectivity index (χ0n) is 10.9. The van der Waals surface area contributed by atoms with E-state index in [9.17, 15) is 19.2 Å². The first-order chi connectivity index (χ1) is 8.93. The van der Waals surface area contributed by atoms with E-state index in [2.05, 4.69) is 21.3 Å². The van der Waals surface area contributed by atoms with Crippen LogP contribution in [0, 0.1) is 0 Å². The predicted molar refractivity (Wildman–Crippen MR) is 66.0 cm³/mol. The molecule has 1 heterocycles. The molecule has 0 aromatic heterocycles. The summed E-state index contributed by atoms with van der Waals surface area (Å²) in [6, 6.07) is -1.90. The summed E-state index contributed by atoms with van der Waals surface area (Å²) in [5.74, 6) is -1.30. The highest BCUT2D eigenvalue weighted by Gasteiger charge is 2.29. The number of carbonyl (C=O) groups is 4. The van der Waals surface area contributed by atoms with Gasteiger partial charge in [0.15, 0.2) is 0 Å². The Hall–Kier alpha value is -1.96. The lowest BCUT2D eigenvalue weighted by Gasteiger charge is -2.24. The van der Waals surface area contributed by atoms with Crippen LogP contribution in [0.1, 0.15) is 26.7 Å². The van der Waals surface area contributed by atoms with Crippen molar-refractivity contribution in [2.75, 3.05) is 6.54 Å². The molecule has 1 fully saturated rings. The summed E-state index contributed by atoms with van der Waals surface area (Å²) in [7, 11) is 0. The third kappa shape index (κ3) is 4.66. The molecular formula is C11H18N4O4. The number of rotatable bonds is 4. The Morgan fingerprint density at radius 2 is 2.11 bits per heavy atom. The summed E-state index contributed by atoms with van der Waals surface area (Å²) in [5, 5.41) is 9.53. The minimum Gasteiger partial charge on any atom is -0.338 e. The normalized spacial score (nSPS) is 20.4. The van der Waals surface area contributed by atoms with Gasteiger partial charge in [-0.3, -0.25) is 30.3 Å². The zero-order chi connectivity index (χ0) is 14.4. The number of carbonyl (C=O) groups excluding carboxylic acids is 4. The topological polar surface area (TPSA) is 116 Å². The number of urea groups is 1. The van der Waals surface area contributed by atoms with Crippen LogP contribution < -0.4 is 21.3 Å². The van der Waals surface area contributed by atoms with Gasteiger partial charge in [-0.15, -0.1) is 0 Å². The van der Waals surface area contributed by atoms with E-state index in [0.29, 0.717) is 13.0 Å². The van der Waals surface area contributed by atoms with Gasteiger partial charge >= 0.3 is 6.03 Å². The SMILES string of the molecule is CCNC(=O)NC(=O)C(C)NC1CCC(=O)NC1=O. The molecule has 0 bridgehead atoms. The van der Waals surface area contributed by atoms with Gasteiger partial charge in [-0.25, -0.2) is 4.79 Å². The Morgan fingerprint density at radius 3 is 2.68 bits per heavy atom. The van der Waals surface area contributed by atoms with E-state index in [1.54, 1.807) is 6.92 Å². The summed E-state index contributed by atoms with van der Waals surface area (Å²) in [5.41, 5.74) is 0. The number of piperidine rings is 1. The lowest BCUT2D eigenvalue weighted by Crippen LogP contribution is -2.56. The van der Waals surface area contributed by atoms with Crippen molar-refractivity contribution >= 4 is 23.8 Å². The van der Waals surface area contributed by atoms with Gasteiger partial charge in [0.25, 0.3) is 0 Å². The van der Waals surface area contributed by atoms with Crippen LogP contribution in [0.25, 0.3) is 0 Å². The minimum atomic E-state index is -0.716. The van der Waals surface area contributed by atoms with E-state index in [1.165, 1.54) is 6.92 Å². The number of hydrogen-bond donors (Lipinski definition) is 4. The summed E-state index contributed by atoms with van der Waals surface area (Å²) in [4.78, 5) is 45.2. The Kier molecular flexibility index (Phi) is 5.43. The van der Waals surface area contributed by atoms with Gasteiger partial charge in [0, 0.05) is 13.0 Å². The molecule has 4 N–H and O–H groups in total. The van der Waals surface area contributed by atoms with Crippen LogP contribution in [0.4, 0.5) is 4.79 Å². The van der Waals surface area contributed by atoms with Crippen LogP contribution in [0.2, 0.25) is 0 Å². The van der Waals surface area contributed by atoms with Crippen LogP contribution in [0.5, 0.6) is 0 Å². The molecule has 0 aromatic rings. The van der Waals surface area contributed by atoms with Gasteiger partial charge in [-0.1, -0.05) is 0 Å². The second-order valence-corrected chi connectivity index (χ2v) is 4.24. The monoisotopic (exact) mass is 270 g/mol. The van der Waals surface area contributed by atoms with E-state index in [1.807, 2.05) is 0 Å². The maximum absolute atomic E-state index is 11.6. The molecule has 1 saturated heterocycles. The molecule has 0 aromatic carbocycles. The standard InChI is InChI=1S/C11H18N4O4/c1-3-12-11(19)15-9(17)6(2)13-7-4-5-8(16)14-10(7)18/h6-7,13H,3-5H2,1-2H3,(H,14,16,18)(H2,12,15,17,19).